The van der Waals surface area contributed by atoms with Gasteiger partial charge in [0.25, 0.3) is 0 Å². The molecule has 0 aliphatic carbocycles. The van der Waals surface area contributed by atoms with Gasteiger partial charge in [-0.3, -0.25) is 4.40 Å². The van der Waals surface area contributed by atoms with Crippen LogP contribution in [0.15, 0.2) is 152 Å². The van der Waals surface area contributed by atoms with Crippen molar-refractivity contribution in [2.45, 2.75) is 0 Å². The third-order valence-corrected chi connectivity index (χ3v) is 8.57. The van der Waals surface area contributed by atoms with E-state index in [9.17, 15) is 0 Å². The minimum Gasteiger partial charge on any atom is -0.290 e. The van der Waals surface area contributed by atoms with Crippen LogP contribution in [-0.4, -0.2) is 14.4 Å². The van der Waals surface area contributed by atoms with E-state index in [0.29, 0.717) is 0 Å². The van der Waals surface area contributed by atoms with Gasteiger partial charge in [0, 0.05) is 16.3 Å². The Morgan fingerprint density at radius 1 is 0.419 bits per heavy atom. The molecule has 6 aromatic carbocycles. The third-order valence-electron chi connectivity index (χ3n) is 8.57. The van der Waals surface area contributed by atoms with E-state index in [0.717, 1.165) is 49.7 Å². The second kappa shape index (κ2) is 9.37. The molecule has 0 aliphatic rings. The topological polar surface area (TPSA) is 30.2 Å². The predicted molar refractivity (Wildman–Crippen MR) is 179 cm³/mol. The zero-order chi connectivity index (χ0) is 28.3. The van der Waals surface area contributed by atoms with Crippen molar-refractivity contribution >= 4 is 49.3 Å². The lowest BCUT2D eigenvalue weighted by Gasteiger charge is -2.15. The number of pyridine rings is 2. The van der Waals surface area contributed by atoms with E-state index >= 15 is 0 Å². The van der Waals surface area contributed by atoms with E-state index < -0.39 is 0 Å². The van der Waals surface area contributed by atoms with Crippen molar-refractivity contribution in [1.82, 2.24) is 14.4 Å². The Morgan fingerprint density at radius 2 is 1.05 bits per heavy atom. The normalized spacial score (nSPS) is 11.7. The first-order valence-corrected chi connectivity index (χ1v) is 14.6. The van der Waals surface area contributed by atoms with E-state index in [4.69, 9.17) is 9.97 Å². The molecule has 0 saturated carbocycles. The Kier molecular flexibility index (Phi) is 5.20. The fourth-order valence-corrected chi connectivity index (χ4v) is 6.55. The molecule has 3 nitrogen and oxygen atoms in total. The molecule has 0 amide bonds. The van der Waals surface area contributed by atoms with Gasteiger partial charge in [0.15, 0.2) is 0 Å². The van der Waals surface area contributed by atoms with Gasteiger partial charge in [-0.25, -0.2) is 9.97 Å². The number of rotatable bonds is 3. The van der Waals surface area contributed by atoms with Crippen LogP contribution in [0, 0.1) is 0 Å². The average molecular weight is 548 g/mol. The van der Waals surface area contributed by atoms with Gasteiger partial charge in [-0.15, -0.1) is 0 Å². The fraction of sp³-hybridized carbons (Fsp3) is 0. The molecule has 9 rings (SSSR count). The molecule has 3 heterocycles. The zero-order valence-corrected chi connectivity index (χ0v) is 23.3. The summed E-state index contributed by atoms with van der Waals surface area (Å²) in [6.45, 7) is 0. The number of fused-ring (bicyclic) bond motifs is 10. The molecule has 200 valence electrons. The van der Waals surface area contributed by atoms with Gasteiger partial charge in [-0.05, 0) is 63.4 Å². The maximum Gasteiger partial charge on any atom is 0.147 e. The molecule has 0 bridgehead atoms. The van der Waals surface area contributed by atoms with E-state index in [1.807, 2.05) is 6.07 Å². The molecule has 43 heavy (non-hydrogen) atoms. The first-order chi connectivity index (χ1) is 21.3. The number of para-hydroxylation sites is 2. The third kappa shape index (κ3) is 3.68. The molecule has 0 atom stereocenters. The lowest BCUT2D eigenvalue weighted by molar-refractivity contribution is 1.29. The monoisotopic (exact) mass is 547 g/mol. The summed E-state index contributed by atoms with van der Waals surface area (Å²) in [5.74, 6) is 0. The van der Waals surface area contributed by atoms with E-state index in [-0.39, 0.29) is 0 Å². The van der Waals surface area contributed by atoms with Crippen LogP contribution < -0.4 is 0 Å². The quantitative estimate of drug-likeness (QED) is 0.206. The fourth-order valence-electron chi connectivity index (χ4n) is 6.55. The van der Waals surface area contributed by atoms with Crippen molar-refractivity contribution in [3.05, 3.63) is 152 Å². The largest absolute Gasteiger partial charge is 0.290 e. The number of aromatic nitrogens is 3. The number of nitrogens with zero attached hydrogens (tertiary/aromatic N) is 3. The molecule has 0 radical (unpaired) electrons. The van der Waals surface area contributed by atoms with Crippen molar-refractivity contribution in [3.8, 4) is 33.5 Å². The number of hydrogen-bond donors (Lipinski definition) is 0. The van der Waals surface area contributed by atoms with Crippen molar-refractivity contribution in [3.63, 3.8) is 0 Å². The number of hydrogen-bond acceptors (Lipinski definition) is 2. The Hall–Kier alpha value is -5.80. The second-order valence-corrected chi connectivity index (χ2v) is 11.0. The maximum absolute atomic E-state index is 5.36. The first kappa shape index (κ1) is 23.9. The van der Waals surface area contributed by atoms with E-state index in [2.05, 4.69) is 150 Å². The molecule has 3 heteroatoms. The summed E-state index contributed by atoms with van der Waals surface area (Å²) in [7, 11) is 0. The Bertz CT molecular complexity index is 2480. The van der Waals surface area contributed by atoms with Gasteiger partial charge >= 0.3 is 0 Å². The van der Waals surface area contributed by atoms with Crippen molar-refractivity contribution < 1.29 is 0 Å². The molecule has 0 saturated heterocycles. The smallest absolute Gasteiger partial charge is 0.147 e. The highest BCUT2D eigenvalue weighted by molar-refractivity contribution is 6.25. The molecule has 3 aromatic heterocycles. The van der Waals surface area contributed by atoms with Crippen molar-refractivity contribution in [1.29, 1.82) is 0 Å². The van der Waals surface area contributed by atoms with Gasteiger partial charge in [0.1, 0.15) is 5.65 Å². The van der Waals surface area contributed by atoms with Crippen LogP contribution in [-0.2, 0) is 0 Å². The average Bonchev–Trinajstić information content (AvgIpc) is 3.48. The van der Waals surface area contributed by atoms with Gasteiger partial charge in [0.05, 0.1) is 27.8 Å². The molecule has 0 spiro atoms. The van der Waals surface area contributed by atoms with Crippen molar-refractivity contribution in [2.24, 2.45) is 0 Å². The lowest BCUT2D eigenvalue weighted by Crippen LogP contribution is -1.96. The highest BCUT2D eigenvalue weighted by Gasteiger charge is 2.19. The molecule has 9 aromatic rings. The highest BCUT2D eigenvalue weighted by atomic mass is 15.0. The summed E-state index contributed by atoms with van der Waals surface area (Å²) in [6, 6.07) is 53.6. The Balaban J connectivity index is 1.41. The van der Waals surface area contributed by atoms with Crippen LogP contribution in [0.1, 0.15) is 0 Å². The van der Waals surface area contributed by atoms with Gasteiger partial charge in [-0.1, -0.05) is 121 Å². The van der Waals surface area contributed by atoms with Crippen LogP contribution in [0.25, 0.3) is 82.8 Å². The maximum atomic E-state index is 5.36. The zero-order valence-electron chi connectivity index (χ0n) is 23.3. The summed E-state index contributed by atoms with van der Waals surface area (Å²) in [6.07, 6.45) is 0. The molecule has 0 fully saturated rings. The van der Waals surface area contributed by atoms with Crippen LogP contribution >= 0.6 is 0 Å². The van der Waals surface area contributed by atoms with Gasteiger partial charge < -0.3 is 0 Å². The standard InChI is InChI=1S/C40H25N3/c1-3-11-26(12-4-1)27-19-21-28(22-20-27)32-25-33-38(31-16-8-7-15-30(31)32)40-42-35-17-9-10-18-36(35)43(40)37-24-23-34(41-39(33)37)29-13-5-2-6-14-29/h1-25H. The van der Waals surface area contributed by atoms with Gasteiger partial charge in [-0.2, -0.15) is 0 Å². The van der Waals surface area contributed by atoms with Crippen molar-refractivity contribution in [2.75, 3.05) is 0 Å². The second-order valence-electron chi connectivity index (χ2n) is 11.0. The number of imidazole rings is 1. The lowest BCUT2D eigenvalue weighted by atomic mass is 9.92. The number of benzene rings is 6. The minimum absolute atomic E-state index is 0.958. The van der Waals surface area contributed by atoms with Crippen LogP contribution in [0.5, 0.6) is 0 Å². The highest BCUT2D eigenvalue weighted by Crippen LogP contribution is 2.41. The molecular weight excluding hydrogens is 522 g/mol. The minimum atomic E-state index is 0.958. The molecule has 0 aliphatic heterocycles. The van der Waals surface area contributed by atoms with Crippen LogP contribution in [0.2, 0.25) is 0 Å². The first-order valence-electron chi connectivity index (χ1n) is 14.6. The summed E-state index contributed by atoms with van der Waals surface area (Å²) in [5, 5.41) is 4.62. The SMILES string of the molecule is c1ccc(-c2ccc(-c3cc4c5nc(-c6ccccc6)ccc5n5c6ccccc6nc5c4c4ccccc34)cc2)cc1. The Morgan fingerprint density at radius 3 is 1.84 bits per heavy atom. The predicted octanol–water partition coefficient (Wildman–Crippen LogP) is 10.3. The van der Waals surface area contributed by atoms with E-state index in [1.54, 1.807) is 0 Å². The van der Waals surface area contributed by atoms with E-state index in [1.165, 1.54) is 33.0 Å². The molecule has 0 unspecified atom stereocenters. The summed E-state index contributed by atoms with van der Waals surface area (Å²) >= 11 is 0. The Labute approximate surface area is 248 Å². The summed E-state index contributed by atoms with van der Waals surface area (Å²) in [4.78, 5) is 10.6. The molecular formula is C40H25N3. The summed E-state index contributed by atoms with van der Waals surface area (Å²) in [5.41, 5.74) is 11.9. The van der Waals surface area contributed by atoms with Gasteiger partial charge in [0.2, 0.25) is 0 Å². The molecule has 0 N–H and O–H groups in total. The van der Waals surface area contributed by atoms with Crippen LogP contribution in [0.3, 0.4) is 0 Å². The van der Waals surface area contributed by atoms with Crippen LogP contribution in [0.4, 0.5) is 0 Å². The summed E-state index contributed by atoms with van der Waals surface area (Å²) < 4.78 is 2.29.